The Labute approximate surface area is 135 Å². The summed E-state index contributed by atoms with van der Waals surface area (Å²) >= 11 is 3.59. The first kappa shape index (κ1) is 15.3. The molecule has 2 fully saturated rings. The van der Waals surface area contributed by atoms with Crippen molar-refractivity contribution in [3.05, 3.63) is 28.2 Å². The lowest BCUT2D eigenvalue weighted by Crippen LogP contribution is -2.41. The van der Waals surface area contributed by atoms with Crippen molar-refractivity contribution in [1.82, 2.24) is 5.32 Å². The maximum absolute atomic E-state index is 6.26. The molecule has 116 valence electrons. The Morgan fingerprint density at radius 3 is 2.95 bits per heavy atom. The topological polar surface area (TPSA) is 30.5 Å². The van der Waals surface area contributed by atoms with E-state index in [9.17, 15) is 0 Å². The standard InChI is InChI=1S/C17H24BrNO2/c1-19-12-13-10-14(4-5-16(13)18)21-15-6-9-20-17(11-15)7-2-3-8-17/h4-5,10,15,19H,2-3,6-9,11-12H2,1H3. The van der Waals surface area contributed by atoms with Crippen LogP contribution in [0.5, 0.6) is 5.75 Å². The molecule has 1 N–H and O–H groups in total. The van der Waals surface area contributed by atoms with E-state index >= 15 is 0 Å². The van der Waals surface area contributed by atoms with Gasteiger partial charge < -0.3 is 14.8 Å². The molecule has 2 aliphatic rings. The zero-order valence-corrected chi connectivity index (χ0v) is 14.2. The lowest BCUT2D eigenvalue weighted by molar-refractivity contribution is -0.108. The van der Waals surface area contributed by atoms with Gasteiger partial charge in [-0.1, -0.05) is 28.8 Å². The van der Waals surface area contributed by atoms with Crippen LogP contribution in [0, 0.1) is 0 Å². The second-order valence-corrected chi connectivity index (χ2v) is 7.11. The summed E-state index contributed by atoms with van der Waals surface area (Å²) in [5, 5.41) is 3.19. The van der Waals surface area contributed by atoms with Gasteiger partial charge in [-0.15, -0.1) is 0 Å². The highest BCUT2D eigenvalue weighted by Gasteiger charge is 2.40. The largest absolute Gasteiger partial charge is 0.490 e. The Morgan fingerprint density at radius 2 is 2.19 bits per heavy atom. The van der Waals surface area contributed by atoms with Crippen LogP contribution in [-0.2, 0) is 11.3 Å². The van der Waals surface area contributed by atoms with E-state index < -0.39 is 0 Å². The fourth-order valence-electron chi connectivity index (χ4n) is 3.59. The first-order valence-electron chi connectivity index (χ1n) is 7.94. The van der Waals surface area contributed by atoms with Gasteiger partial charge >= 0.3 is 0 Å². The molecule has 1 unspecified atom stereocenters. The molecule has 1 spiro atoms. The van der Waals surface area contributed by atoms with Crippen molar-refractivity contribution in [2.24, 2.45) is 0 Å². The number of halogens is 1. The summed E-state index contributed by atoms with van der Waals surface area (Å²) in [6.07, 6.45) is 7.36. The van der Waals surface area contributed by atoms with Gasteiger partial charge in [-0.05, 0) is 43.7 Å². The summed E-state index contributed by atoms with van der Waals surface area (Å²) in [5.41, 5.74) is 1.35. The third kappa shape index (κ3) is 3.61. The average Bonchev–Trinajstić information content (AvgIpc) is 2.91. The third-order valence-electron chi connectivity index (χ3n) is 4.65. The maximum atomic E-state index is 6.26. The summed E-state index contributed by atoms with van der Waals surface area (Å²) in [4.78, 5) is 0. The van der Waals surface area contributed by atoms with Gasteiger partial charge in [0.1, 0.15) is 11.9 Å². The highest BCUT2D eigenvalue weighted by atomic mass is 79.9. The monoisotopic (exact) mass is 353 g/mol. The van der Waals surface area contributed by atoms with E-state index in [1.807, 2.05) is 7.05 Å². The number of rotatable bonds is 4. The van der Waals surface area contributed by atoms with E-state index in [1.165, 1.54) is 31.2 Å². The predicted molar refractivity (Wildman–Crippen MR) is 87.7 cm³/mol. The Morgan fingerprint density at radius 1 is 1.38 bits per heavy atom. The lowest BCUT2D eigenvalue weighted by atomic mass is 9.90. The van der Waals surface area contributed by atoms with Gasteiger partial charge in [-0.25, -0.2) is 0 Å². The van der Waals surface area contributed by atoms with Gasteiger partial charge in [0.25, 0.3) is 0 Å². The van der Waals surface area contributed by atoms with E-state index in [0.717, 1.165) is 36.2 Å². The molecule has 0 amide bonds. The fourth-order valence-corrected chi connectivity index (χ4v) is 3.98. The number of nitrogens with one attached hydrogen (secondary N) is 1. The van der Waals surface area contributed by atoms with E-state index in [4.69, 9.17) is 9.47 Å². The van der Waals surface area contributed by atoms with Crippen LogP contribution in [0.15, 0.2) is 22.7 Å². The van der Waals surface area contributed by atoms with Crippen molar-refractivity contribution in [2.75, 3.05) is 13.7 Å². The molecule has 1 aliphatic carbocycles. The number of benzene rings is 1. The van der Waals surface area contributed by atoms with Crippen molar-refractivity contribution < 1.29 is 9.47 Å². The van der Waals surface area contributed by atoms with E-state index in [-0.39, 0.29) is 5.60 Å². The van der Waals surface area contributed by atoms with Crippen LogP contribution in [0.1, 0.15) is 44.1 Å². The number of ether oxygens (including phenoxy) is 2. The number of hydrogen-bond acceptors (Lipinski definition) is 3. The van der Waals surface area contributed by atoms with Gasteiger partial charge in [0.05, 0.1) is 12.2 Å². The van der Waals surface area contributed by atoms with Gasteiger partial charge in [0.15, 0.2) is 0 Å². The summed E-state index contributed by atoms with van der Waals surface area (Å²) in [5.74, 6) is 0.975. The van der Waals surface area contributed by atoms with Crippen LogP contribution in [0.2, 0.25) is 0 Å². The molecule has 1 aromatic rings. The first-order chi connectivity index (χ1) is 10.2. The SMILES string of the molecule is CNCc1cc(OC2CCOC3(CCCC3)C2)ccc1Br. The molecule has 1 saturated carbocycles. The molecule has 0 radical (unpaired) electrons. The summed E-state index contributed by atoms with van der Waals surface area (Å²) in [6.45, 7) is 1.68. The molecule has 1 saturated heterocycles. The average molecular weight is 354 g/mol. The zero-order chi connectivity index (χ0) is 14.7. The normalized spacial score (nSPS) is 24.4. The van der Waals surface area contributed by atoms with Crippen LogP contribution in [0.3, 0.4) is 0 Å². The molecule has 4 heteroatoms. The van der Waals surface area contributed by atoms with Gasteiger partial charge in [-0.2, -0.15) is 0 Å². The van der Waals surface area contributed by atoms with Crippen molar-refractivity contribution in [3.8, 4) is 5.75 Å². The molecule has 3 rings (SSSR count). The maximum Gasteiger partial charge on any atom is 0.120 e. The quantitative estimate of drug-likeness (QED) is 0.885. The Kier molecular flexibility index (Phi) is 4.87. The summed E-state index contributed by atoms with van der Waals surface area (Å²) in [7, 11) is 1.96. The third-order valence-corrected chi connectivity index (χ3v) is 5.42. The molecule has 21 heavy (non-hydrogen) atoms. The summed E-state index contributed by atoms with van der Waals surface area (Å²) in [6, 6.07) is 6.27. The van der Waals surface area contributed by atoms with E-state index in [1.54, 1.807) is 0 Å². The second kappa shape index (κ2) is 6.67. The van der Waals surface area contributed by atoms with Crippen LogP contribution >= 0.6 is 15.9 Å². The minimum Gasteiger partial charge on any atom is -0.490 e. The highest BCUT2D eigenvalue weighted by Crippen LogP contribution is 2.41. The van der Waals surface area contributed by atoms with Gasteiger partial charge in [0, 0.05) is 23.9 Å². The Hall–Kier alpha value is -0.580. The molecular formula is C17H24BrNO2. The van der Waals surface area contributed by atoms with Crippen LogP contribution in [-0.4, -0.2) is 25.4 Å². The Balaban J connectivity index is 1.67. The lowest BCUT2D eigenvalue weighted by Gasteiger charge is -2.38. The van der Waals surface area contributed by atoms with Crippen molar-refractivity contribution in [2.45, 2.75) is 56.8 Å². The molecule has 3 nitrogen and oxygen atoms in total. The van der Waals surface area contributed by atoms with Crippen LogP contribution in [0.25, 0.3) is 0 Å². The van der Waals surface area contributed by atoms with Crippen molar-refractivity contribution >= 4 is 15.9 Å². The van der Waals surface area contributed by atoms with Gasteiger partial charge in [0.2, 0.25) is 0 Å². The smallest absolute Gasteiger partial charge is 0.120 e. The summed E-state index contributed by atoms with van der Waals surface area (Å²) < 4.78 is 13.5. The fraction of sp³-hybridized carbons (Fsp3) is 0.647. The van der Waals surface area contributed by atoms with E-state index in [0.29, 0.717) is 6.10 Å². The first-order valence-corrected chi connectivity index (χ1v) is 8.74. The van der Waals surface area contributed by atoms with Crippen LogP contribution < -0.4 is 10.1 Å². The number of hydrogen-bond donors (Lipinski definition) is 1. The van der Waals surface area contributed by atoms with Crippen molar-refractivity contribution in [1.29, 1.82) is 0 Å². The molecule has 1 heterocycles. The molecule has 1 atom stereocenters. The van der Waals surface area contributed by atoms with Crippen molar-refractivity contribution in [3.63, 3.8) is 0 Å². The molecule has 1 aliphatic heterocycles. The minimum absolute atomic E-state index is 0.117. The second-order valence-electron chi connectivity index (χ2n) is 6.25. The molecule has 1 aromatic carbocycles. The molecule has 0 aromatic heterocycles. The van der Waals surface area contributed by atoms with Crippen LogP contribution in [0.4, 0.5) is 0 Å². The zero-order valence-electron chi connectivity index (χ0n) is 12.7. The highest BCUT2D eigenvalue weighted by molar-refractivity contribution is 9.10. The van der Waals surface area contributed by atoms with E-state index in [2.05, 4.69) is 39.4 Å². The van der Waals surface area contributed by atoms with Gasteiger partial charge in [-0.3, -0.25) is 0 Å². The Bertz CT molecular complexity index is 486. The minimum atomic E-state index is 0.117. The molecule has 0 bridgehead atoms. The predicted octanol–water partition coefficient (Wildman–Crippen LogP) is 4.04. The molecular weight excluding hydrogens is 330 g/mol.